The largest absolute Gasteiger partial charge is 0.395 e. The summed E-state index contributed by atoms with van der Waals surface area (Å²) in [6.45, 7) is 4.33. The zero-order chi connectivity index (χ0) is 13.4. The molecule has 2 N–H and O–H groups in total. The Morgan fingerprint density at radius 3 is 2.44 bits per heavy atom. The van der Waals surface area contributed by atoms with Gasteiger partial charge in [0.25, 0.3) is 0 Å². The first-order valence-corrected chi connectivity index (χ1v) is 6.67. The van der Waals surface area contributed by atoms with Crippen LogP contribution in [0.15, 0.2) is 30.3 Å². The molecule has 0 saturated heterocycles. The number of likely N-dealkylation sites (N-methyl/N-ethyl adjacent to an activating group) is 1. The van der Waals surface area contributed by atoms with E-state index in [1.54, 1.807) is 0 Å². The van der Waals surface area contributed by atoms with E-state index < -0.39 is 0 Å². The van der Waals surface area contributed by atoms with Crippen LogP contribution >= 0.6 is 0 Å². The molecule has 3 heteroatoms. The number of nitrogens with one attached hydrogen (secondary N) is 1. The number of aliphatic hydroxyl groups excluding tert-OH is 1. The maximum Gasteiger partial charge on any atom is 0.0584 e. The van der Waals surface area contributed by atoms with Crippen molar-refractivity contribution in [3.8, 4) is 0 Å². The Morgan fingerprint density at radius 1 is 1.22 bits per heavy atom. The van der Waals surface area contributed by atoms with Crippen LogP contribution in [-0.4, -0.2) is 49.8 Å². The van der Waals surface area contributed by atoms with Crippen LogP contribution in [0, 0.1) is 0 Å². The Kier molecular flexibility index (Phi) is 6.94. The lowest BCUT2D eigenvalue weighted by atomic mass is 9.94. The van der Waals surface area contributed by atoms with Crippen LogP contribution in [0.2, 0.25) is 0 Å². The smallest absolute Gasteiger partial charge is 0.0584 e. The molecule has 0 heterocycles. The van der Waals surface area contributed by atoms with Gasteiger partial charge >= 0.3 is 0 Å². The van der Waals surface area contributed by atoms with Crippen LogP contribution in [0.25, 0.3) is 0 Å². The topological polar surface area (TPSA) is 35.5 Å². The molecular formula is C15H26N2O. The van der Waals surface area contributed by atoms with E-state index >= 15 is 0 Å². The van der Waals surface area contributed by atoms with Gasteiger partial charge in [0.15, 0.2) is 0 Å². The lowest BCUT2D eigenvalue weighted by Gasteiger charge is -2.21. The highest BCUT2D eigenvalue weighted by atomic mass is 16.3. The lowest BCUT2D eigenvalue weighted by molar-refractivity contribution is 0.226. The highest BCUT2D eigenvalue weighted by Gasteiger charge is 2.13. The van der Waals surface area contributed by atoms with Crippen LogP contribution in [0.3, 0.4) is 0 Å². The molecule has 1 aromatic rings. The van der Waals surface area contributed by atoms with Crippen molar-refractivity contribution in [2.24, 2.45) is 0 Å². The van der Waals surface area contributed by atoms with E-state index in [1.165, 1.54) is 5.56 Å². The molecule has 0 fully saturated rings. The van der Waals surface area contributed by atoms with E-state index in [2.05, 4.69) is 55.5 Å². The molecule has 1 aromatic carbocycles. The summed E-state index contributed by atoms with van der Waals surface area (Å²) in [5, 5.41) is 12.8. The van der Waals surface area contributed by atoms with Gasteiger partial charge in [0.1, 0.15) is 0 Å². The van der Waals surface area contributed by atoms with Gasteiger partial charge < -0.3 is 15.3 Å². The van der Waals surface area contributed by atoms with Crippen LogP contribution in [0.1, 0.15) is 24.8 Å². The third kappa shape index (κ3) is 5.63. The third-order valence-corrected chi connectivity index (χ3v) is 3.22. The molecular weight excluding hydrogens is 224 g/mol. The van der Waals surface area contributed by atoms with Crippen molar-refractivity contribution >= 4 is 0 Å². The Balaban J connectivity index is 2.38. The van der Waals surface area contributed by atoms with Gasteiger partial charge in [-0.05, 0) is 32.0 Å². The predicted octanol–water partition coefficient (Wildman–Crippen LogP) is 1.69. The molecule has 0 bridgehead atoms. The van der Waals surface area contributed by atoms with Crippen molar-refractivity contribution in [1.29, 1.82) is 0 Å². The Hall–Kier alpha value is -0.900. The second-order valence-corrected chi connectivity index (χ2v) is 5.18. The van der Waals surface area contributed by atoms with Crippen LogP contribution in [-0.2, 0) is 0 Å². The van der Waals surface area contributed by atoms with Crippen molar-refractivity contribution in [3.63, 3.8) is 0 Å². The van der Waals surface area contributed by atoms with Gasteiger partial charge in [-0.15, -0.1) is 0 Å². The van der Waals surface area contributed by atoms with Gasteiger partial charge in [0.05, 0.1) is 6.61 Å². The average Bonchev–Trinajstić information content (AvgIpc) is 2.38. The third-order valence-electron chi connectivity index (χ3n) is 3.22. The fourth-order valence-corrected chi connectivity index (χ4v) is 2.06. The van der Waals surface area contributed by atoms with Crippen molar-refractivity contribution in [2.75, 3.05) is 33.8 Å². The molecule has 3 nitrogen and oxygen atoms in total. The van der Waals surface area contributed by atoms with Gasteiger partial charge in [-0.2, -0.15) is 0 Å². The maximum atomic E-state index is 9.41. The minimum atomic E-state index is 0.181. The first-order chi connectivity index (χ1) is 8.63. The monoisotopic (exact) mass is 250 g/mol. The van der Waals surface area contributed by atoms with Crippen molar-refractivity contribution < 1.29 is 5.11 Å². The molecule has 2 atom stereocenters. The highest BCUT2D eigenvalue weighted by Crippen LogP contribution is 2.19. The molecule has 1 rings (SSSR count). The Morgan fingerprint density at radius 2 is 1.89 bits per heavy atom. The second-order valence-electron chi connectivity index (χ2n) is 5.18. The molecule has 0 aliphatic rings. The average molecular weight is 250 g/mol. The van der Waals surface area contributed by atoms with Gasteiger partial charge in [-0.3, -0.25) is 0 Å². The minimum Gasteiger partial charge on any atom is -0.395 e. The summed E-state index contributed by atoms with van der Waals surface area (Å²) in [5.41, 5.74) is 1.34. The van der Waals surface area contributed by atoms with Crippen molar-refractivity contribution in [1.82, 2.24) is 10.2 Å². The molecule has 2 unspecified atom stereocenters. The van der Waals surface area contributed by atoms with Crippen LogP contribution < -0.4 is 5.32 Å². The van der Waals surface area contributed by atoms with Crippen molar-refractivity contribution in [2.45, 2.75) is 25.3 Å². The number of rotatable bonds is 8. The van der Waals surface area contributed by atoms with Gasteiger partial charge in [-0.25, -0.2) is 0 Å². The SMILES string of the molecule is CC(CC(CO)NCCN(C)C)c1ccccc1. The second kappa shape index (κ2) is 8.25. The zero-order valence-corrected chi connectivity index (χ0v) is 11.8. The summed E-state index contributed by atoms with van der Waals surface area (Å²) < 4.78 is 0. The molecule has 0 aliphatic heterocycles. The first-order valence-electron chi connectivity index (χ1n) is 6.67. The standard InChI is InChI=1S/C15H26N2O/c1-13(14-7-5-4-6-8-14)11-15(12-18)16-9-10-17(2)3/h4-8,13,15-16,18H,9-12H2,1-3H3. The molecule has 0 amide bonds. The molecule has 102 valence electrons. The van der Waals surface area contributed by atoms with E-state index in [4.69, 9.17) is 0 Å². The number of benzene rings is 1. The summed E-state index contributed by atoms with van der Waals surface area (Å²) in [5.74, 6) is 0.468. The fraction of sp³-hybridized carbons (Fsp3) is 0.600. The summed E-state index contributed by atoms with van der Waals surface area (Å²) in [4.78, 5) is 2.14. The zero-order valence-electron chi connectivity index (χ0n) is 11.8. The van der Waals surface area contributed by atoms with E-state index in [9.17, 15) is 5.11 Å². The maximum absolute atomic E-state index is 9.41. The first kappa shape index (κ1) is 15.2. The Bertz CT molecular complexity index is 314. The van der Waals surface area contributed by atoms with Gasteiger partial charge in [-0.1, -0.05) is 37.3 Å². The molecule has 0 spiro atoms. The highest BCUT2D eigenvalue weighted by molar-refractivity contribution is 5.18. The molecule has 0 radical (unpaired) electrons. The van der Waals surface area contributed by atoms with Gasteiger partial charge in [0.2, 0.25) is 0 Å². The minimum absolute atomic E-state index is 0.181. The molecule has 0 aliphatic carbocycles. The predicted molar refractivity (Wildman–Crippen MR) is 76.9 cm³/mol. The molecule has 0 saturated carbocycles. The number of hydrogen-bond acceptors (Lipinski definition) is 3. The van der Waals surface area contributed by atoms with Crippen LogP contribution in [0.5, 0.6) is 0 Å². The summed E-state index contributed by atoms with van der Waals surface area (Å²) in [6, 6.07) is 10.7. The number of hydrogen-bond donors (Lipinski definition) is 2. The summed E-state index contributed by atoms with van der Waals surface area (Å²) >= 11 is 0. The van der Waals surface area contributed by atoms with E-state index in [1.807, 2.05) is 6.07 Å². The van der Waals surface area contributed by atoms with Crippen LogP contribution in [0.4, 0.5) is 0 Å². The van der Waals surface area contributed by atoms with E-state index in [-0.39, 0.29) is 12.6 Å². The van der Waals surface area contributed by atoms with E-state index in [0.717, 1.165) is 19.5 Å². The summed E-state index contributed by atoms with van der Waals surface area (Å²) in [7, 11) is 4.12. The lowest BCUT2D eigenvalue weighted by Crippen LogP contribution is -2.38. The number of aliphatic hydroxyl groups is 1. The van der Waals surface area contributed by atoms with Gasteiger partial charge in [0, 0.05) is 19.1 Å². The quantitative estimate of drug-likeness (QED) is 0.737. The normalized spacial score (nSPS) is 14.7. The summed E-state index contributed by atoms with van der Waals surface area (Å²) in [6.07, 6.45) is 0.966. The van der Waals surface area contributed by atoms with Crippen molar-refractivity contribution in [3.05, 3.63) is 35.9 Å². The molecule has 18 heavy (non-hydrogen) atoms. The van der Waals surface area contributed by atoms with E-state index in [0.29, 0.717) is 5.92 Å². The molecule has 0 aromatic heterocycles. The Labute approximate surface area is 111 Å². The fourth-order valence-electron chi connectivity index (χ4n) is 2.06. The number of nitrogens with zero attached hydrogens (tertiary/aromatic N) is 1.